The maximum atomic E-state index is 12.5. The van der Waals surface area contributed by atoms with Crippen LogP contribution in [0.4, 0.5) is 0 Å². The quantitative estimate of drug-likeness (QED) is 0.743. The summed E-state index contributed by atoms with van der Waals surface area (Å²) in [5.74, 6) is -0.218. The van der Waals surface area contributed by atoms with Gasteiger partial charge in [-0.1, -0.05) is 11.6 Å². The van der Waals surface area contributed by atoms with Gasteiger partial charge in [0.25, 0.3) is 5.91 Å². The topological polar surface area (TPSA) is 101 Å². The number of aromatic nitrogens is 2. The average Bonchev–Trinajstić information content (AvgIpc) is 2.71. The monoisotopic (exact) mass is 438 g/mol. The van der Waals surface area contributed by atoms with Crippen molar-refractivity contribution in [3.63, 3.8) is 0 Å². The van der Waals surface area contributed by atoms with Crippen molar-refractivity contribution in [1.29, 1.82) is 0 Å². The average molecular weight is 439 g/mol. The van der Waals surface area contributed by atoms with Gasteiger partial charge in [0, 0.05) is 25.7 Å². The van der Waals surface area contributed by atoms with Crippen LogP contribution in [0.2, 0.25) is 5.02 Å². The highest BCUT2D eigenvalue weighted by atomic mass is 35.5. The molecule has 10 heteroatoms. The standard InChI is InChI=1S/C19H23ClN4O4S/c1-24(2)29(26,27)17-9-3-13(4-10-17)18(25)23-15-5-7-16(8-6-15)28-19-21-11-14(20)12-22-19/h3-4,9-12,15-16H,5-8H2,1-2H3,(H,23,25). The lowest BCUT2D eigenvalue weighted by Gasteiger charge is -2.28. The van der Waals surface area contributed by atoms with E-state index >= 15 is 0 Å². The second-order valence-corrected chi connectivity index (χ2v) is 9.65. The summed E-state index contributed by atoms with van der Waals surface area (Å²) in [4.78, 5) is 20.7. The molecule has 2 aromatic rings. The van der Waals surface area contributed by atoms with E-state index in [-0.39, 0.29) is 22.9 Å². The molecule has 1 heterocycles. The number of halogens is 1. The molecule has 29 heavy (non-hydrogen) atoms. The largest absolute Gasteiger partial charge is 0.460 e. The minimum absolute atomic E-state index is 0.000138. The van der Waals surface area contributed by atoms with Gasteiger partial charge in [0.05, 0.1) is 22.3 Å². The summed E-state index contributed by atoms with van der Waals surface area (Å²) < 4.78 is 31.1. The Kier molecular flexibility index (Phi) is 6.71. The van der Waals surface area contributed by atoms with Gasteiger partial charge < -0.3 is 10.1 Å². The summed E-state index contributed by atoms with van der Waals surface area (Å²) in [6.45, 7) is 0. The van der Waals surface area contributed by atoms with Gasteiger partial charge in [-0.15, -0.1) is 0 Å². The van der Waals surface area contributed by atoms with Crippen LogP contribution in [0.15, 0.2) is 41.6 Å². The Morgan fingerprint density at radius 2 is 1.69 bits per heavy atom. The molecule has 0 saturated heterocycles. The number of nitrogens with zero attached hydrogens (tertiary/aromatic N) is 3. The van der Waals surface area contributed by atoms with Crippen molar-refractivity contribution < 1.29 is 17.9 Å². The smallest absolute Gasteiger partial charge is 0.316 e. The molecule has 1 aromatic carbocycles. The molecule has 0 bridgehead atoms. The van der Waals surface area contributed by atoms with Crippen LogP contribution in [-0.4, -0.2) is 54.8 Å². The van der Waals surface area contributed by atoms with Gasteiger partial charge in [0.1, 0.15) is 6.10 Å². The number of carbonyl (C=O) groups is 1. The van der Waals surface area contributed by atoms with Gasteiger partial charge in [-0.2, -0.15) is 0 Å². The van der Waals surface area contributed by atoms with Crippen LogP contribution < -0.4 is 10.1 Å². The van der Waals surface area contributed by atoms with Crippen molar-refractivity contribution in [3.05, 3.63) is 47.2 Å². The highest BCUT2D eigenvalue weighted by Crippen LogP contribution is 2.23. The van der Waals surface area contributed by atoms with E-state index in [0.717, 1.165) is 30.0 Å². The number of ether oxygens (including phenoxy) is 1. The minimum atomic E-state index is -3.51. The number of rotatable bonds is 6. The summed E-state index contributed by atoms with van der Waals surface area (Å²) in [6, 6.07) is 6.28. The Morgan fingerprint density at radius 3 is 2.24 bits per heavy atom. The van der Waals surface area contributed by atoms with Crippen molar-refractivity contribution in [3.8, 4) is 6.01 Å². The number of carbonyl (C=O) groups excluding carboxylic acids is 1. The first-order chi connectivity index (χ1) is 13.8. The summed E-state index contributed by atoms with van der Waals surface area (Å²) in [6.07, 6.45) is 6.08. The van der Waals surface area contributed by atoms with Crippen molar-refractivity contribution in [1.82, 2.24) is 19.6 Å². The van der Waals surface area contributed by atoms with E-state index < -0.39 is 10.0 Å². The number of amides is 1. The number of hydrogen-bond acceptors (Lipinski definition) is 6. The first-order valence-corrected chi connectivity index (χ1v) is 11.0. The first kappa shape index (κ1) is 21.5. The van der Waals surface area contributed by atoms with E-state index in [1.54, 1.807) is 0 Å². The van der Waals surface area contributed by atoms with Crippen molar-refractivity contribution in [2.45, 2.75) is 42.7 Å². The lowest BCUT2D eigenvalue weighted by atomic mass is 9.92. The minimum Gasteiger partial charge on any atom is -0.460 e. The van der Waals surface area contributed by atoms with E-state index in [4.69, 9.17) is 16.3 Å². The summed E-state index contributed by atoms with van der Waals surface area (Å²) in [7, 11) is -0.576. The predicted molar refractivity (Wildman–Crippen MR) is 108 cm³/mol. The zero-order chi connectivity index (χ0) is 21.0. The third-order valence-corrected chi connectivity index (χ3v) is 6.80. The van der Waals surface area contributed by atoms with Crippen LogP contribution in [0.3, 0.4) is 0 Å². The molecular weight excluding hydrogens is 416 g/mol. The van der Waals surface area contributed by atoms with Gasteiger partial charge >= 0.3 is 6.01 Å². The molecule has 0 unspecified atom stereocenters. The predicted octanol–water partition coefficient (Wildman–Crippen LogP) is 2.50. The molecule has 1 aromatic heterocycles. The summed E-state index contributed by atoms with van der Waals surface area (Å²) in [5, 5.41) is 3.46. The Morgan fingerprint density at radius 1 is 1.10 bits per heavy atom. The second-order valence-electron chi connectivity index (χ2n) is 7.06. The highest BCUT2D eigenvalue weighted by molar-refractivity contribution is 7.89. The van der Waals surface area contributed by atoms with Crippen LogP contribution in [0, 0.1) is 0 Å². The molecule has 1 aliphatic carbocycles. The van der Waals surface area contributed by atoms with Gasteiger partial charge in [-0.05, 0) is 49.9 Å². The molecule has 1 fully saturated rings. The van der Waals surface area contributed by atoms with Crippen LogP contribution in [0.25, 0.3) is 0 Å². The molecule has 1 N–H and O–H groups in total. The molecule has 0 spiro atoms. The van der Waals surface area contributed by atoms with E-state index in [9.17, 15) is 13.2 Å². The molecule has 0 aliphatic heterocycles. The van der Waals surface area contributed by atoms with Crippen LogP contribution in [0.5, 0.6) is 6.01 Å². The molecule has 0 atom stereocenters. The third kappa shape index (κ3) is 5.43. The zero-order valence-corrected chi connectivity index (χ0v) is 17.8. The van der Waals surface area contributed by atoms with Crippen LogP contribution in [-0.2, 0) is 10.0 Å². The van der Waals surface area contributed by atoms with Crippen molar-refractivity contribution in [2.75, 3.05) is 14.1 Å². The molecular formula is C19H23ClN4O4S. The molecule has 156 valence electrons. The number of nitrogens with one attached hydrogen (secondary N) is 1. The van der Waals surface area contributed by atoms with Gasteiger partial charge in [0.15, 0.2) is 0 Å². The Labute approximate surface area is 175 Å². The Balaban J connectivity index is 1.51. The maximum absolute atomic E-state index is 12.5. The van der Waals surface area contributed by atoms with E-state index in [1.807, 2.05) is 0 Å². The molecule has 8 nitrogen and oxygen atoms in total. The molecule has 1 aliphatic rings. The lowest BCUT2D eigenvalue weighted by Crippen LogP contribution is -2.39. The van der Waals surface area contributed by atoms with Crippen LogP contribution in [0.1, 0.15) is 36.0 Å². The van der Waals surface area contributed by atoms with Crippen molar-refractivity contribution >= 4 is 27.5 Å². The van der Waals surface area contributed by atoms with E-state index in [0.29, 0.717) is 16.6 Å². The normalized spacial score (nSPS) is 19.7. The number of hydrogen-bond donors (Lipinski definition) is 1. The molecule has 1 saturated carbocycles. The number of sulfonamides is 1. The fraction of sp³-hybridized carbons (Fsp3) is 0.421. The number of benzene rings is 1. The fourth-order valence-corrected chi connectivity index (χ4v) is 4.09. The second kappa shape index (κ2) is 9.06. The molecule has 3 rings (SSSR count). The summed E-state index contributed by atoms with van der Waals surface area (Å²) in [5.41, 5.74) is 0.427. The third-order valence-electron chi connectivity index (χ3n) is 4.77. The van der Waals surface area contributed by atoms with Crippen LogP contribution >= 0.6 is 11.6 Å². The van der Waals surface area contributed by atoms with Gasteiger partial charge in [0.2, 0.25) is 10.0 Å². The van der Waals surface area contributed by atoms with E-state index in [2.05, 4.69) is 15.3 Å². The van der Waals surface area contributed by atoms with Gasteiger partial charge in [-0.3, -0.25) is 4.79 Å². The van der Waals surface area contributed by atoms with Gasteiger partial charge in [-0.25, -0.2) is 22.7 Å². The molecule has 1 amide bonds. The van der Waals surface area contributed by atoms with E-state index in [1.165, 1.54) is 50.8 Å². The maximum Gasteiger partial charge on any atom is 0.316 e. The van der Waals surface area contributed by atoms with Crippen molar-refractivity contribution in [2.24, 2.45) is 0 Å². The zero-order valence-electron chi connectivity index (χ0n) is 16.2. The fourth-order valence-electron chi connectivity index (χ4n) is 3.09. The lowest BCUT2D eigenvalue weighted by molar-refractivity contribution is 0.0885. The Hall–Kier alpha value is -2.23. The molecule has 0 radical (unpaired) electrons. The first-order valence-electron chi connectivity index (χ1n) is 9.23. The SMILES string of the molecule is CN(C)S(=O)(=O)c1ccc(C(=O)NC2CCC(Oc3ncc(Cl)cn3)CC2)cc1. The Bertz CT molecular complexity index is 941. The highest BCUT2D eigenvalue weighted by Gasteiger charge is 2.25. The summed E-state index contributed by atoms with van der Waals surface area (Å²) >= 11 is 5.76.